The number of nitrogens with zero attached hydrogens (tertiary/aromatic N) is 3. The van der Waals surface area contributed by atoms with Crippen LogP contribution in [0, 0.1) is 9.49 Å². The van der Waals surface area contributed by atoms with Gasteiger partial charge in [0, 0.05) is 15.9 Å². The molecule has 4 nitrogen and oxygen atoms in total. The fourth-order valence-corrected chi connectivity index (χ4v) is 4.44. The zero-order valence-electron chi connectivity index (χ0n) is 12.7. The van der Waals surface area contributed by atoms with E-state index in [4.69, 9.17) is 5.10 Å². The number of piperidine rings is 3. The van der Waals surface area contributed by atoms with Crippen molar-refractivity contribution < 1.29 is 4.79 Å². The molecule has 0 aliphatic carbocycles. The Kier molecular flexibility index (Phi) is 3.72. The number of carbonyl (C=O) groups is 1. The van der Waals surface area contributed by atoms with Gasteiger partial charge in [0.1, 0.15) is 6.04 Å². The molecule has 1 aromatic rings. The van der Waals surface area contributed by atoms with Gasteiger partial charge in [0.2, 0.25) is 5.91 Å². The largest absolute Gasteiger partial charge is 0.293 e. The number of amides is 1. The van der Waals surface area contributed by atoms with E-state index in [0.29, 0.717) is 18.4 Å². The molecule has 4 aliphatic heterocycles. The summed E-state index contributed by atoms with van der Waals surface area (Å²) >= 11 is 2.32. The molecule has 2 atom stereocenters. The summed E-state index contributed by atoms with van der Waals surface area (Å²) in [6, 6.07) is 8.91. The maximum absolute atomic E-state index is 12.4. The molecule has 0 spiro atoms. The molecule has 4 aliphatic rings. The lowest BCUT2D eigenvalue weighted by molar-refractivity contribution is -0.133. The van der Waals surface area contributed by atoms with Gasteiger partial charge in [-0.25, -0.2) is 5.01 Å². The molecule has 116 valence electrons. The molecule has 1 aromatic carbocycles. The zero-order chi connectivity index (χ0) is 15.3. The summed E-state index contributed by atoms with van der Waals surface area (Å²) in [5.41, 5.74) is 2.46. The summed E-state index contributed by atoms with van der Waals surface area (Å²) in [6.45, 7) is 4.21. The lowest BCUT2D eigenvalue weighted by atomic mass is 9.78. The van der Waals surface area contributed by atoms with Crippen molar-refractivity contribution in [2.24, 2.45) is 11.0 Å². The molecule has 2 bridgehead atoms. The van der Waals surface area contributed by atoms with Crippen LogP contribution in [0.3, 0.4) is 0 Å². The van der Waals surface area contributed by atoms with Crippen molar-refractivity contribution >= 4 is 34.2 Å². The van der Waals surface area contributed by atoms with Gasteiger partial charge in [0.05, 0.1) is 11.8 Å². The van der Waals surface area contributed by atoms with Crippen LogP contribution in [0.2, 0.25) is 0 Å². The van der Waals surface area contributed by atoms with Crippen molar-refractivity contribution in [1.29, 1.82) is 0 Å². The van der Waals surface area contributed by atoms with Crippen LogP contribution in [0.5, 0.6) is 0 Å². The van der Waals surface area contributed by atoms with Gasteiger partial charge in [0.25, 0.3) is 0 Å². The Morgan fingerprint density at radius 1 is 1.23 bits per heavy atom. The first-order valence-electron chi connectivity index (χ1n) is 8.09. The third-order valence-electron chi connectivity index (χ3n) is 5.20. The Hall–Kier alpha value is -0.950. The normalized spacial score (nSPS) is 32.8. The van der Waals surface area contributed by atoms with Gasteiger partial charge in [-0.1, -0.05) is 19.1 Å². The monoisotopic (exact) mass is 409 g/mol. The van der Waals surface area contributed by atoms with Gasteiger partial charge in [-0.15, -0.1) is 0 Å². The summed E-state index contributed by atoms with van der Waals surface area (Å²) in [5.74, 6) is 0.710. The molecule has 0 saturated carbocycles. The van der Waals surface area contributed by atoms with Crippen LogP contribution in [-0.4, -0.2) is 40.7 Å². The van der Waals surface area contributed by atoms with E-state index in [1.165, 1.54) is 27.7 Å². The van der Waals surface area contributed by atoms with Crippen molar-refractivity contribution in [2.75, 3.05) is 13.1 Å². The summed E-state index contributed by atoms with van der Waals surface area (Å²) in [5, 5.41) is 6.58. The van der Waals surface area contributed by atoms with E-state index < -0.39 is 0 Å². The van der Waals surface area contributed by atoms with E-state index in [1.54, 1.807) is 5.01 Å². The van der Waals surface area contributed by atoms with E-state index in [0.717, 1.165) is 13.1 Å². The zero-order valence-corrected chi connectivity index (χ0v) is 14.9. The highest BCUT2D eigenvalue weighted by molar-refractivity contribution is 14.1. The molecule has 4 heterocycles. The second kappa shape index (κ2) is 5.60. The second-order valence-corrected chi connectivity index (χ2v) is 7.61. The predicted octanol–water partition coefficient (Wildman–Crippen LogP) is 3.03. The summed E-state index contributed by atoms with van der Waals surface area (Å²) in [7, 11) is 0. The van der Waals surface area contributed by atoms with Crippen LogP contribution in [0.4, 0.5) is 0 Å². The number of hydrazone groups is 1. The fraction of sp³-hybridized carbons (Fsp3) is 0.529. The van der Waals surface area contributed by atoms with Crippen molar-refractivity contribution in [1.82, 2.24) is 9.91 Å². The standard InChI is InChI=1S/C17H20IN3O/c1-2-14(22)21-16(12-3-5-13(18)6-4-12)17-15(19-21)11-7-9-20(17)10-8-11/h3-6,11,16-17H,2,7-10H2,1H3. The molecular formula is C17H20IN3O. The number of hydrogen-bond donors (Lipinski definition) is 0. The average molecular weight is 409 g/mol. The van der Waals surface area contributed by atoms with Gasteiger partial charge >= 0.3 is 0 Å². The van der Waals surface area contributed by atoms with Gasteiger partial charge in [-0.3, -0.25) is 9.69 Å². The van der Waals surface area contributed by atoms with Gasteiger partial charge < -0.3 is 0 Å². The Bertz CT molecular complexity index is 619. The number of halogens is 1. The Balaban J connectivity index is 1.76. The van der Waals surface area contributed by atoms with E-state index in [1.807, 2.05) is 6.92 Å². The summed E-state index contributed by atoms with van der Waals surface area (Å²) in [6.07, 6.45) is 2.90. The smallest absolute Gasteiger partial charge is 0.243 e. The van der Waals surface area contributed by atoms with Crippen molar-refractivity contribution in [2.45, 2.75) is 38.3 Å². The van der Waals surface area contributed by atoms with Crippen LogP contribution in [0.25, 0.3) is 0 Å². The molecule has 5 rings (SSSR count). The van der Waals surface area contributed by atoms with Gasteiger partial charge in [0.15, 0.2) is 0 Å². The molecule has 3 saturated heterocycles. The molecule has 22 heavy (non-hydrogen) atoms. The van der Waals surface area contributed by atoms with Crippen LogP contribution < -0.4 is 0 Å². The third kappa shape index (κ3) is 2.21. The first-order valence-corrected chi connectivity index (χ1v) is 9.17. The van der Waals surface area contributed by atoms with Crippen molar-refractivity contribution in [3.8, 4) is 0 Å². The highest BCUT2D eigenvalue weighted by Crippen LogP contribution is 2.43. The Morgan fingerprint density at radius 2 is 1.91 bits per heavy atom. The minimum atomic E-state index is 0.0579. The second-order valence-electron chi connectivity index (χ2n) is 6.37. The van der Waals surface area contributed by atoms with Crippen LogP contribution in [0.1, 0.15) is 37.8 Å². The first-order chi connectivity index (χ1) is 10.7. The van der Waals surface area contributed by atoms with E-state index in [2.05, 4.69) is 51.8 Å². The number of carbonyl (C=O) groups excluding carboxylic acids is 1. The number of hydrogen-bond acceptors (Lipinski definition) is 3. The van der Waals surface area contributed by atoms with Gasteiger partial charge in [-0.2, -0.15) is 5.10 Å². The highest BCUT2D eigenvalue weighted by atomic mass is 127. The number of fused-ring (bicyclic) bond motifs is 2. The maximum Gasteiger partial charge on any atom is 0.243 e. The Labute approximate surface area is 144 Å². The molecule has 2 unspecified atom stereocenters. The van der Waals surface area contributed by atoms with E-state index >= 15 is 0 Å². The van der Waals surface area contributed by atoms with E-state index in [-0.39, 0.29) is 11.9 Å². The average Bonchev–Trinajstić information content (AvgIpc) is 2.98. The SMILES string of the molecule is CCC(=O)N1N=C2C3CCN(CC3)C2C1c1ccc(I)cc1. The molecule has 0 N–H and O–H groups in total. The molecule has 3 fully saturated rings. The number of benzene rings is 1. The van der Waals surface area contributed by atoms with Crippen molar-refractivity contribution in [3.63, 3.8) is 0 Å². The first kappa shape index (κ1) is 14.6. The van der Waals surface area contributed by atoms with Crippen LogP contribution in [-0.2, 0) is 4.79 Å². The lowest BCUT2D eigenvalue weighted by Crippen LogP contribution is -2.56. The molecule has 0 radical (unpaired) electrons. The highest BCUT2D eigenvalue weighted by Gasteiger charge is 2.50. The minimum absolute atomic E-state index is 0.0579. The molecule has 5 heteroatoms. The predicted molar refractivity (Wildman–Crippen MR) is 94.6 cm³/mol. The molecule has 1 amide bonds. The quantitative estimate of drug-likeness (QED) is 0.705. The van der Waals surface area contributed by atoms with Crippen LogP contribution >= 0.6 is 22.6 Å². The van der Waals surface area contributed by atoms with E-state index in [9.17, 15) is 4.79 Å². The summed E-state index contributed by atoms with van der Waals surface area (Å²) in [4.78, 5) is 15.0. The third-order valence-corrected chi connectivity index (χ3v) is 5.92. The maximum atomic E-state index is 12.4. The van der Waals surface area contributed by atoms with Crippen LogP contribution in [0.15, 0.2) is 29.4 Å². The van der Waals surface area contributed by atoms with Crippen molar-refractivity contribution in [3.05, 3.63) is 33.4 Å². The fourth-order valence-electron chi connectivity index (χ4n) is 4.08. The lowest BCUT2D eigenvalue weighted by Gasteiger charge is -2.46. The van der Waals surface area contributed by atoms with Gasteiger partial charge in [-0.05, 0) is 66.2 Å². The Morgan fingerprint density at radius 3 is 2.55 bits per heavy atom. The molecular weight excluding hydrogens is 389 g/mol. The topological polar surface area (TPSA) is 35.9 Å². The number of rotatable bonds is 2. The summed E-state index contributed by atoms with van der Waals surface area (Å²) < 4.78 is 1.22. The minimum Gasteiger partial charge on any atom is -0.293 e. The molecule has 0 aromatic heterocycles.